The van der Waals surface area contributed by atoms with E-state index < -0.39 is 0 Å². The van der Waals surface area contributed by atoms with Crippen molar-refractivity contribution in [3.05, 3.63) is 0 Å². The third-order valence-electron chi connectivity index (χ3n) is 3.31. The summed E-state index contributed by atoms with van der Waals surface area (Å²) in [6.07, 6.45) is 6.35. The number of thioether (sulfide) groups is 1. The number of carbonyl (C=O) groups is 1. The van der Waals surface area contributed by atoms with Crippen molar-refractivity contribution in [1.29, 1.82) is 0 Å². The molecule has 1 amide bonds. The van der Waals surface area contributed by atoms with Crippen LogP contribution >= 0.6 is 11.8 Å². The lowest BCUT2D eigenvalue weighted by Gasteiger charge is -2.34. The number of amides is 1. The minimum Gasteiger partial charge on any atom is -0.339 e. The first kappa shape index (κ1) is 14.9. The third-order valence-corrected chi connectivity index (χ3v) is 4.56. The second-order valence-electron chi connectivity index (χ2n) is 5.87. The maximum atomic E-state index is 12.2. The number of hydrogen-bond donors (Lipinski definition) is 0. The molecule has 1 aliphatic rings. The van der Waals surface area contributed by atoms with E-state index in [2.05, 4.69) is 32.6 Å². The normalized spacial score (nSPS) is 18.1. The van der Waals surface area contributed by atoms with Crippen molar-refractivity contribution >= 4 is 17.7 Å². The molecule has 0 unspecified atom stereocenters. The molecule has 0 N–H and O–H groups in total. The third kappa shape index (κ3) is 5.33. The van der Waals surface area contributed by atoms with E-state index in [9.17, 15) is 4.79 Å². The summed E-state index contributed by atoms with van der Waals surface area (Å²) in [5.74, 6) is 0.965. The van der Waals surface area contributed by atoms with Gasteiger partial charge in [-0.05, 0) is 19.8 Å². The molecule has 0 bridgehead atoms. The molecular formula is C14H27NOS. The van der Waals surface area contributed by atoms with Gasteiger partial charge in [0.1, 0.15) is 0 Å². The van der Waals surface area contributed by atoms with Crippen LogP contribution in [-0.2, 0) is 4.79 Å². The van der Waals surface area contributed by atoms with Gasteiger partial charge in [-0.15, -0.1) is 11.8 Å². The van der Waals surface area contributed by atoms with Gasteiger partial charge in [0.25, 0.3) is 0 Å². The molecule has 0 aromatic rings. The molecule has 0 spiro atoms. The van der Waals surface area contributed by atoms with Gasteiger partial charge in [0, 0.05) is 17.3 Å². The van der Waals surface area contributed by atoms with Crippen LogP contribution in [0.1, 0.15) is 59.8 Å². The van der Waals surface area contributed by atoms with Gasteiger partial charge in [0.15, 0.2) is 0 Å². The maximum absolute atomic E-state index is 12.2. The molecule has 0 atom stereocenters. The van der Waals surface area contributed by atoms with Crippen LogP contribution in [0.15, 0.2) is 0 Å². The molecule has 100 valence electrons. The smallest absolute Gasteiger partial charge is 0.232 e. The van der Waals surface area contributed by atoms with Crippen LogP contribution in [0.5, 0.6) is 0 Å². The molecule has 3 heteroatoms. The Morgan fingerprint density at radius 1 is 1.24 bits per heavy atom. The zero-order valence-electron chi connectivity index (χ0n) is 11.8. The molecule has 0 aromatic heterocycles. The highest BCUT2D eigenvalue weighted by molar-refractivity contribution is 8.01. The van der Waals surface area contributed by atoms with E-state index in [-0.39, 0.29) is 4.75 Å². The predicted octanol–water partition coefficient (Wildman–Crippen LogP) is 3.70. The molecular weight excluding hydrogens is 230 g/mol. The molecule has 17 heavy (non-hydrogen) atoms. The molecule has 0 aromatic carbocycles. The van der Waals surface area contributed by atoms with E-state index in [4.69, 9.17) is 0 Å². The van der Waals surface area contributed by atoms with Crippen LogP contribution < -0.4 is 0 Å². The minimum absolute atomic E-state index is 0.182. The van der Waals surface area contributed by atoms with E-state index in [1.807, 2.05) is 0 Å². The van der Waals surface area contributed by atoms with E-state index in [1.165, 1.54) is 32.1 Å². The van der Waals surface area contributed by atoms with Crippen molar-refractivity contribution in [2.45, 2.75) is 70.6 Å². The van der Waals surface area contributed by atoms with Crippen LogP contribution in [0.4, 0.5) is 0 Å². The highest BCUT2D eigenvalue weighted by Crippen LogP contribution is 2.26. The van der Waals surface area contributed by atoms with Crippen molar-refractivity contribution in [2.24, 2.45) is 0 Å². The second-order valence-corrected chi connectivity index (χ2v) is 7.67. The van der Waals surface area contributed by atoms with Crippen molar-refractivity contribution < 1.29 is 4.79 Å². The molecule has 1 fully saturated rings. The summed E-state index contributed by atoms with van der Waals surface area (Å²) in [5.41, 5.74) is 0. The first-order valence-corrected chi connectivity index (χ1v) is 7.86. The summed E-state index contributed by atoms with van der Waals surface area (Å²) in [6, 6.07) is 0.516. The van der Waals surface area contributed by atoms with Gasteiger partial charge in [-0.2, -0.15) is 0 Å². The molecule has 1 rings (SSSR count). The van der Waals surface area contributed by atoms with E-state index in [0.717, 1.165) is 6.54 Å². The Labute approximate surface area is 111 Å². The summed E-state index contributed by atoms with van der Waals surface area (Å²) in [7, 11) is 0. The molecule has 1 saturated carbocycles. The summed E-state index contributed by atoms with van der Waals surface area (Å²) in [4.78, 5) is 14.3. The lowest BCUT2D eigenvalue weighted by Crippen LogP contribution is -2.42. The lowest BCUT2D eigenvalue weighted by molar-refractivity contribution is -0.131. The van der Waals surface area contributed by atoms with Gasteiger partial charge in [-0.1, -0.05) is 40.0 Å². The quantitative estimate of drug-likeness (QED) is 0.765. The van der Waals surface area contributed by atoms with Crippen LogP contribution in [0.3, 0.4) is 0 Å². The molecule has 0 aliphatic heterocycles. The Balaban J connectivity index is 2.45. The number of carbonyl (C=O) groups excluding carboxylic acids is 1. The largest absolute Gasteiger partial charge is 0.339 e. The van der Waals surface area contributed by atoms with E-state index in [0.29, 0.717) is 17.7 Å². The Kier molecular flexibility index (Phi) is 5.84. The monoisotopic (exact) mass is 257 g/mol. The Hall–Kier alpha value is -0.180. The zero-order chi connectivity index (χ0) is 12.9. The van der Waals surface area contributed by atoms with E-state index >= 15 is 0 Å². The second kappa shape index (κ2) is 6.67. The van der Waals surface area contributed by atoms with Crippen LogP contribution in [0.25, 0.3) is 0 Å². The van der Waals surface area contributed by atoms with E-state index in [1.54, 1.807) is 11.8 Å². The van der Waals surface area contributed by atoms with Crippen LogP contribution in [0.2, 0.25) is 0 Å². The van der Waals surface area contributed by atoms with Gasteiger partial charge < -0.3 is 4.90 Å². The molecule has 1 aliphatic carbocycles. The summed E-state index contributed by atoms with van der Waals surface area (Å²) < 4.78 is 0.182. The van der Waals surface area contributed by atoms with Gasteiger partial charge >= 0.3 is 0 Å². The summed E-state index contributed by atoms with van der Waals surface area (Å²) >= 11 is 1.76. The molecule has 0 radical (unpaired) electrons. The Bertz CT molecular complexity index is 241. The predicted molar refractivity (Wildman–Crippen MR) is 76.5 cm³/mol. The standard InChI is InChI=1S/C14H27NOS/c1-5-15(12-9-7-6-8-10-12)13(16)11-17-14(2,3)4/h12H,5-11H2,1-4H3. The van der Waals surface area contributed by atoms with Crippen molar-refractivity contribution in [3.63, 3.8) is 0 Å². The number of rotatable bonds is 4. The first-order valence-electron chi connectivity index (χ1n) is 6.87. The molecule has 0 heterocycles. The number of nitrogens with zero attached hydrogens (tertiary/aromatic N) is 1. The van der Waals surface area contributed by atoms with Gasteiger partial charge in [-0.25, -0.2) is 0 Å². The fourth-order valence-corrected chi connectivity index (χ4v) is 3.11. The zero-order valence-corrected chi connectivity index (χ0v) is 12.6. The number of hydrogen-bond acceptors (Lipinski definition) is 2. The van der Waals surface area contributed by atoms with Crippen LogP contribution in [0, 0.1) is 0 Å². The lowest BCUT2D eigenvalue weighted by atomic mass is 9.94. The highest BCUT2D eigenvalue weighted by Gasteiger charge is 2.25. The average molecular weight is 257 g/mol. The highest BCUT2D eigenvalue weighted by atomic mass is 32.2. The summed E-state index contributed by atoms with van der Waals surface area (Å²) in [6.45, 7) is 9.48. The van der Waals surface area contributed by atoms with Gasteiger partial charge in [0.2, 0.25) is 5.91 Å². The molecule has 2 nitrogen and oxygen atoms in total. The maximum Gasteiger partial charge on any atom is 0.232 e. The van der Waals surface area contributed by atoms with Crippen molar-refractivity contribution in [3.8, 4) is 0 Å². The fourth-order valence-electron chi connectivity index (χ4n) is 2.39. The fraction of sp³-hybridized carbons (Fsp3) is 0.929. The Morgan fingerprint density at radius 3 is 2.29 bits per heavy atom. The minimum atomic E-state index is 0.182. The summed E-state index contributed by atoms with van der Waals surface area (Å²) in [5, 5.41) is 0. The molecule has 0 saturated heterocycles. The van der Waals surface area contributed by atoms with Crippen molar-refractivity contribution in [1.82, 2.24) is 4.90 Å². The van der Waals surface area contributed by atoms with Gasteiger partial charge in [-0.3, -0.25) is 4.79 Å². The first-order chi connectivity index (χ1) is 7.94. The topological polar surface area (TPSA) is 20.3 Å². The Morgan fingerprint density at radius 2 is 1.82 bits per heavy atom. The van der Waals surface area contributed by atoms with Crippen LogP contribution in [-0.4, -0.2) is 33.9 Å². The average Bonchev–Trinajstić information content (AvgIpc) is 2.28. The SMILES string of the molecule is CCN(C(=O)CSC(C)(C)C)C1CCCCC1. The van der Waals surface area contributed by atoms with Gasteiger partial charge in [0.05, 0.1) is 5.75 Å². The van der Waals surface area contributed by atoms with Crippen molar-refractivity contribution in [2.75, 3.05) is 12.3 Å².